The van der Waals surface area contributed by atoms with Gasteiger partial charge in [0, 0.05) is 0 Å². The molecule has 1 rings (SSSR count). The number of halogens is 1. The molecule has 0 aromatic rings. The number of hydrogen-bond donors (Lipinski definition) is 1. The van der Waals surface area contributed by atoms with Crippen molar-refractivity contribution in [3.05, 3.63) is 0 Å². The Morgan fingerprint density at radius 1 is 1.36 bits per heavy atom. The van der Waals surface area contributed by atoms with Gasteiger partial charge in [-0.2, -0.15) is 0 Å². The molecule has 0 radical (unpaired) electrons. The summed E-state index contributed by atoms with van der Waals surface area (Å²) in [7, 11) is 0. The first-order valence-electron chi connectivity index (χ1n) is 5.05. The number of carbonyl (C=O) groups excluding carboxylic acids is 1. The molecule has 84 valence electrons. The molecule has 1 atom stereocenters. The molecule has 1 fully saturated rings. The Morgan fingerprint density at radius 3 is 2.29 bits per heavy atom. The highest BCUT2D eigenvalue weighted by Crippen LogP contribution is 2.25. The fourth-order valence-electron chi connectivity index (χ4n) is 1.62. The van der Waals surface area contributed by atoms with Crippen molar-refractivity contribution in [3.8, 4) is 0 Å². The standard InChI is InChI=1S/C10H19NO2.ClH/c1-7-3-5-9(6-4-7)13-10(12)8(2)11;/h7-9H,3-6,11H2,1-2H3;1H/t7-,8-,9-;/m0./s1. The second kappa shape index (κ2) is 6.25. The number of carbonyl (C=O) groups is 1. The fraction of sp³-hybridized carbons (Fsp3) is 0.900. The number of ether oxygens (including phenoxy) is 1. The van der Waals surface area contributed by atoms with Crippen molar-refractivity contribution in [2.45, 2.75) is 51.7 Å². The molecular formula is C10H20ClNO2. The predicted octanol–water partition coefficient (Wildman–Crippen LogP) is 1.88. The molecule has 0 amide bonds. The Kier molecular flexibility index (Phi) is 6.12. The zero-order chi connectivity index (χ0) is 9.84. The molecule has 0 aliphatic heterocycles. The van der Waals surface area contributed by atoms with Crippen LogP contribution in [0, 0.1) is 5.92 Å². The number of hydrogen-bond acceptors (Lipinski definition) is 3. The van der Waals surface area contributed by atoms with Crippen LogP contribution >= 0.6 is 12.4 Å². The lowest BCUT2D eigenvalue weighted by Crippen LogP contribution is -2.33. The van der Waals surface area contributed by atoms with Gasteiger partial charge >= 0.3 is 5.97 Å². The Morgan fingerprint density at radius 2 is 1.86 bits per heavy atom. The Labute approximate surface area is 91.8 Å². The highest BCUT2D eigenvalue weighted by Gasteiger charge is 2.22. The van der Waals surface area contributed by atoms with Gasteiger partial charge in [-0.05, 0) is 38.5 Å². The minimum atomic E-state index is -0.487. The second-order valence-corrected chi connectivity index (χ2v) is 4.11. The van der Waals surface area contributed by atoms with Gasteiger partial charge < -0.3 is 10.5 Å². The van der Waals surface area contributed by atoms with Gasteiger partial charge in [0.25, 0.3) is 0 Å². The van der Waals surface area contributed by atoms with Crippen LogP contribution in [0.1, 0.15) is 39.5 Å². The van der Waals surface area contributed by atoms with E-state index < -0.39 is 6.04 Å². The number of rotatable bonds is 2. The summed E-state index contributed by atoms with van der Waals surface area (Å²) in [6.07, 6.45) is 4.45. The van der Waals surface area contributed by atoms with Crippen LogP contribution in [0.15, 0.2) is 0 Å². The van der Waals surface area contributed by atoms with Crippen molar-refractivity contribution >= 4 is 18.4 Å². The highest BCUT2D eigenvalue weighted by atomic mass is 35.5. The summed E-state index contributed by atoms with van der Waals surface area (Å²) in [5.41, 5.74) is 5.41. The van der Waals surface area contributed by atoms with E-state index in [9.17, 15) is 4.79 Å². The monoisotopic (exact) mass is 221 g/mol. The van der Waals surface area contributed by atoms with E-state index in [-0.39, 0.29) is 24.5 Å². The van der Waals surface area contributed by atoms with Crippen LogP contribution < -0.4 is 5.73 Å². The summed E-state index contributed by atoms with van der Waals surface area (Å²) in [6.45, 7) is 3.90. The van der Waals surface area contributed by atoms with Crippen molar-refractivity contribution in [2.75, 3.05) is 0 Å². The molecule has 0 saturated heterocycles. The van der Waals surface area contributed by atoms with Crippen LogP contribution in [0.4, 0.5) is 0 Å². The van der Waals surface area contributed by atoms with Crippen LogP contribution in [-0.4, -0.2) is 18.1 Å². The van der Waals surface area contributed by atoms with Gasteiger partial charge in [0.1, 0.15) is 12.1 Å². The van der Waals surface area contributed by atoms with E-state index in [1.807, 2.05) is 0 Å². The Bertz CT molecular complexity index is 177. The Balaban J connectivity index is 0.00000169. The van der Waals surface area contributed by atoms with Crippen LogP contribution in [0.2, 0.25) is 0 Å². The van der Waals surface area contributed by atoms with Crippen molar-refractivity contribution < 1.29 is 9.53 Å². The van der Waals surface area contributed by atoms with Gasteiger partial charge in [0.05, 0.1) is 0 Å². The van der Waals surface area contributed by atoms with E-state index in [0.29, 0.717) is 0 Å². The molecule has 0 aromatic heterocycles. The molecule has 1 aliphatic carbocycles. The molecule has 2 N–H and O–H groups in total. The lowest BCUT2D eigenvalue weighted by atomic mass is 9.89. The van der Waals surface area contributed by atoms with Crippen molar-refractivity contribution in [2.24, 2.45) is 11.7 Å². The lowest BCUT2D eigenvalue weighted by Gasteiger charge is -2.26. The molecule has 1 saturated carbocycles. The average molecular weight is 222 g/mol. The fourth-order valence-corrected chi connectivity index (χ4v) is 1.62. The number of nitrogens with two attached hydrogens (primary N) is 1. The maximum atomic E-state index is 11.1. The zero-order valence-corrected chi connectivity index (χ0v) is 9.68. The smallest absolute Gasteiger partial charge is 0.322 e. The highest BCUT2D eigenvalue weighted by molar-refractivity contribution is 5.85. The van der Waals surface area contributed by atoms with Gasteiger partial charge in [-0.25, -0.2) is 0 Å². The third-order valence-corrected chi connectivity index (χ3v) is 2.62. The van der Waals surface area contributed by atoms with Crippen LogP contribution in [-0.2, 0) is 9.53 Å². The van der Waals surface area contributed by atoms with Gasteiger partial charge in [0.15, 0.2) is 0 Å². The summed E-state index contributed by atoms with van der Waals surface area (Å²) in [5.74, 6) is 0.518. The third kappa shape index (κ3) is 4.29. The summed E-state index contributed by atoms with van der Waals surface area (Å²) < 4.78 is 5.24. The van der Waals surface area contributed by atoms with Crippen molar-refractivity contribution in [1.29, 1.82) is 0 Å². The van der Waals surface area contributed by atoms with Gasteiger partial charge in [-0.3, -0.25) is 4.79 Å². The lowest BCUT2D eigenvalue weighted by molar-refractivity contribution is -0.152. The maximum absolute atomic E-state index is 11.1. The summed E-state index contributed by atoms with van der Waals surface area (Å²) >= 11 is 0. The molecule has 0 heterocycles. The largest absolute Gasteiger partial charge is 0.461 e. The zero-order valence-electron chi connectivity index (χ0n) is 8.86. The third-order valence-electron chi connectivity index (χ3n) is 2.62. The first-order chi connectivity index (χ1) is 6.09. The van der Waals surface area contributed by atoms with E-state index in [4.69, 9.17) is 10.5 Å². The molecule has 0 bridgehead atoms. The normalized spacial score (nSPS) is 28.8. The van der Waals surface area contributed by atoms with Crippen LogP contribution in [0.5, 0.6) is 0 Å². The van der Waals surface area contributed by atoms with Gasteiger partial charge in [-0.15, -0.1) is 12.4 Å². The quantitative estimate of drug-likeness (QED) is 0.725. The van der Waals surface area contributed by atoms with E-state index >= 15 is 0 Å². The maximum Gasteiger partial charge on any atom is 0.322 e. The van der Waals surface area contributed by atoms with Crippen LogP contribution in [0.3, 0.4) is 0 Å². The molecule has 0 unspecified atom stereocenters. The summed E-state index contributed by atoms with van der Waals surface area (Å²) in [4.78, 5) is 11.1. The minimum absolute atomic E-state index is 0. The summed E-state index contributed by atoms with van der Waals surface area (Å²) in [5, 5.41) is 0. The SMILES string of the molecule is C[C@H](N)C(=O)O[C@H]1CC[C@H](C)CC1.Cl. The topological polar surface area (TPSA) is 52.3 Å². The molecule has 0 aromatic carbocycles. The van der Waals surface area contributed by atoms with Gasteiger partial charge in [0.2, 0.25) is 0 Å². The van der Waals surface area contributed by atoms with E-state index in [0.717, 1.165) is 31.6 Å². The van der Waals surface area contributed by atoms with Crippen LogP contribution in [0.25, 0.3) is 0 Å². The van der Waals surface area contributed by atoms with Crippen molar-refractivity contribution in [1.82, 2.24) is 0 Å². The molecule has 3 nitrogen and oxygen atoms in total. The van der Waals surface area contributed by atoms with Crippen molar-refractivity contribution in [3.63, 3.8) is 0 Å². The molecule has 1 aliphatic rings. The summed E-state index contributed by atoms with van der Waals surface area (Å²) in [6, 6.07) is -0.487. The Hall–Kier alpha value is -0.280. The second-order valence-electron chi connectivity index (χ2n) is 4.11. The average Bonchev–Trinajstić information content (AvgIpc) is 2.08. The first-order valence-corrected chi connectivity index (χ1v) is 5.05. The van der Waals surface area contributed by atoms with Gasteiger partial charge in [-0.1, -0.05) is 6.92 Å². The minimum Gasteiger partial charge on any atom is -0.461 e. The number of esters is 1. The van der Waals surface area contributed by atoms with E-state index in [1.165, 1.54) is 0 Å². The molecule has 14 heavy (non-hydrogen) atoms. The first kappa shape index (κ1) is 13.7. The predicted molar refractivity (Wildman–Crippen MR) is 58.4 cm³/mol. The molecular weight excluding hydrogens is 202 g/mol. The molecule has 0 spiro atoms. The van der Waals surface area contributed by atoms with E-state index in [2.05, 4.69) is 6.92 Å². The van der Waals surface area contributed by atoms with E-state index in [1.54, 1.807) is 6.92 Å². The molecule has 4 heteroatoms.